The third-order valence-electron chi connectivity index (χ3n) is 6.60. The van der Waals surface area contributed by atoms with Crippen LogP contribution in [0.1, 0.15) is 83.6 Å². The predicted molar refractivity (Wildman–Crippen MR) is 144 cm³/mol. The molecule has 0 atom stereocenters. The summed E-state index contributed by atoms with van der Waals surface area (Å²) in [6.45, 7) is 5.09. The topological polar surface area (TPSA) is 9.23 Å². The minimum Gasteiger partial charge on any atom is -0.494 e. The first-order valence-electron chi connectivity index (χ1n) is 13.4. The van der Waals surface area contributed by atoms with Gasteiger partial charge < -0.3 is 4.74 Å². The molecule has 0 radical (unpaired) electrons. The summed E-state index contributed by atoms with van der Waals surface area (Å²) in [6, 6.07) is 18.4. The number of hydrogen-bond acceptors (Lipinski definition) is 1. The van der Waals surface area contributed by atoms with Crippen LogP contribution in [0.4, 0.5) is 8.78 Å². The van der Waals surface area contributed by atoms with Crippen molar-refractivity contribution >= 4 is 0 Å². The molecule has 35 heavy (non-hydrogen) atoms. The number of aryl methyl sites for hydroxylation is 1. The summed E-state index contributed by atoms with van der Waals surface area (Å²) in [6.07, 6.45) is 13.2. The summed E-state index contributed by atoms with van der Waals surface area (Å²) in [5.74, 6) is -0.863. The normalized spacial score (nSPS) is 11.1. The predicted octanol–water partition coefficient (Wildman–Crippen LogP) is 10.2. The van der Waals surface area contributed by atoms with Crippen LogP contribution in [0.15, 0.2) is 60.7 Å². The van der Waals surface area contributed by atoms with Crippen molar-refractivity contribution in [1.82, 2.24) is 0 Å². The van der Waals surface area contributed by atoms with Gasteiger partial charge in [-0.1, -0.05) is 114 Å². The summed E-state index contributed by atoms with van der Waals surface area (Å²) in [5.41, 5.74) is 3.14. The Morgan fingerprint density at radius 2 is 1.03 bits per heavy atom. The molecule has 188 valence electrons. The lowest BCUT2D eigenvalue weighted by atomic mass is 9.97. The molecule has 1 nitrogen and oxygen atoms in total. The van der Waals surface area contributed by atoms with Crippen molar-refractivity contribution in [2.75, 3.05) is 6.61 Å². The second kappa shape index (κ2) is 14.7. The highest BCUT2D eigenvalue weighted by Crippen LogP contribution is 2.32. The van der Waals surface area contributed by atoms with Gasteiger partial charge in [-0.3, -0.25) is 0 Å². The highest BCUT2D eigenvalue weighted by atomic mass is 19.2. The number of rotatable bonds is 15. The van der Waals surface area contributed by atoms with Crippen LogP contribution in [-0.2, 0) is 6.42 Å². The summed E-state index contributed by atoms with van der Waals surface area (Å²) >= 11 is 0. The van der Waals surface area contributed by atoms with Crippen molar-refractivity contribution in [3.05, 3.63) is 77.9 Å². The van der Waals surface area contributed by atoms with Gasteiger partial charge in [0.05, 0.1) is 6.61 Å². The fraction of sp³-hybridized carbons (Fsp3) is 0.438. The molecule has 0 spiro atoms. The van der Waals surface area contributed by atoms with Gasteiger partial charge in [-0.2, -0.15) is 0 Å². The van der Waals surface area contributed by atoms with Crippen LogP contribution in [0.25, 0.3) is 22.3 Å². The van der Waals surface area contributed by atoms with Crippen molar-refractivity contribution < 1.29 is 13.5 Å². The molecule has 0 heterocycles. The zero-order valence-corrected chi connectivity index (χ0v) is 21.4. The molecule has 3 aromatic carbocycles. The van der Waals surface area contributed by atoms with E-state index in [4.69, 9.17) is 4.74 Å². The minimum absolute atomic E-state index is 0.264. The molecule has 0 aliphatic carbocycles. The molecule has 0 bridgehead atoms. The van der Waals surface area contributed by atoms with Crippen LogP contribution in [0.2, 0.25) is 0 Å². The van der Waals surface area contributed by atoms with Crippen LogP contribution >= 0.6 is 0 Å². The van der Waals surface area contributed by atoms with Crippen molar-refractivity contribution in [2.24, 2.45) is 0 Å². The molecule has 3 aromatic rings. The minimum atomic E-state index is -0.813. The van der Waals surface area contributed by atoms with E-state index in [2.05, 4.69) is 13.8 Å². The zero-order valence-electron chi connectivity index (χ0n) is 21.4. The van der Waals surface area contributed by atoms with Crippen LogP contribution in [0.3, 0.4) is 0 Å². The van der Waals surface area contributed by atoms with Crippen LogP contribution in [-0.4, -0.2) is 6.61 Å². The summed E-state index contributed by atoms with van der Waals surface area (Å²) in [7, 11) is 0. The molecule has 0 unspecified atom stereocenters. The van der Waals surface area contributed by atoms with E-state index in [-0.39, 0.29) is 5.56 Å². The van der Waals surface area contributed by atoms with Gasteiger partial charge in [0.15, 0.2) is 11.6 Å². The maximum Gasteiger partial charge on any atom is 0.167 e. The van der Waals surface area contributed by atoms with E-state index in [0.29, 0.717) is 23.3 Å². The Balaban J connectivity index is 1.60. The monoisotopic (exact) mass is 478 g/mol. The van der Waals surface area contributed by atoms with Gasteiger partial charge in [0.1, 0.15) is 5.75 Å². The Labute approximate surface area is 210 Å². The number of ether oxygens (including phenoxy) is 1. The number of halogens is 2. The van der Waals surface area contributed by atoms with Gasteiger partial charge in [0.25, 0.3) is 0 Å². The first kappa shape index (κ1) is 26.9. The Hall–Kier alpha value is -2.68. The number of unbranched alkanes of at least 4 members (excludes halogenated alkanes) is 8. The average molecular weight is 479 g/mol. The van der Waals surface area contributed by atoms with E-state index in [0.717, 1.165) is 25.0 Å². The maximum absolute atomic E-state index is 15.0. The molecule has 0 saturated carbocycles. The molecule has 0 aliphatic rings. The van der Waals surface area contributed by atoms with Crippen molar-refractivity contribution in [3.8, 4) is 28.0 Å². The summed E-state index contributed by atoms with van der Waals surface area (Å²) in [5, 5.41) is 0. The van der Waals surface area contributed by atoms with E-state index in [9.17, 15) is 0 Å². The molecule has 0 aliphatic heterocycles. The number of benzene rings is 3. The molecule has 0 N–H and O–H groups in total. The zero-order chi connectivity index (χ0) is 24.9. The molecule has 3 heteroatoms. The fourth-order valence-electron chi connectivity index (χ4n) is 4.41. The van der Waals surface area contributed by atoms with Gasteiger partial charge in [0, 0.05) is 11.1 Å². The third-order valence-corrected chi connectivity index (χ3v) is 6.60. The second-order valence-corrected chi connectivity index (χ2v) is 9.44. The molecular formula is C32H40F2O. The van der Waals surface area contributed by atoms with E-state index in [1.807, 2.05) is 36.4 Å². The van der Waals surface area contributed by atoms with Gasteiger partial charge in [-0.05, 0) is 48.1 Å². The molecular weight excluding hydrogens is 438 g/mol. The third kappa shape index (κ3) is 8.19. The van der Waals surface area contributed by atoms with Crippen LogP contribution < -0.4 is 4.74 Å². The van der Waals surface area contributed by atoms with E-state index >= 15 is 8.78 Å². The smallest absolute Gasteiger partial charge is 0.167 e. The highest BCUT2D eigenvalue weighted by Gasteiger charge is 2.16. The standard InChI is InChI=1S/C32H40F2O/c1-3-5-7-9-10-11-13-25-14-16-26(17-15-25)29-22-23-30(32(34)31(29)33)27-18-20-28(21-19-27)35-24-12-8-6-4-2/h14-23H,3-13,24H2,1-2H3. The highest BCUT2D eigenvalue weighted by molar-refractivity contribution is 5.72. The quantitative estimate of drug-likeness (QED) is 0.197. The summed E-state index contributed by atoms with van der Waals surface area (Å²) in [4.78, 5) is 0. The lowest BCUT2D eigenvalue weighted by Crippen LogP contribution is -1.97. The lowest BCUT2D eigenvalue weighted by molar-refractivity contribution is 0.305. The Morgan fingerprint density at radius 3 is 1.60 bits per heavy atom. The Kier molecular flexibility index (Phi) is 11.3. The molecule has 0 amide bonds. The molecule has 0 saturated heterocycles. The van der Waals surface area contributed by atoms with E-state index in [1.165, 1.54) is 56.9 Å². The van der Waals surface area contributed by atoms with Crippen molar-refractivity contribution in [3.63, 3.8) is 0 Å². The van der Waals surface area contributed by atoms with E-state index in [1.54, 1.807) is 24.3 Å². The Morgan fingerprint density at radius 1 is 0.543 bits per heavy atom. The van der Waals surface area contributed by atoms with Crippen LogP contribution in [0.5, 0.6) is 5.75 Å². The van der Waals surface area contributed by atoms with Crippen molar-refractivity contribution in [2.45, 2.75) is 84.5 Å². The van der Waals surface area contributed by atoms with Crippen molar-refractivity contribution in [1.29, 1.82) is 0 Å². The number of hydrogen-bond donors (Lipinski definition) is 0. The summed E-state index contributed by atoms with van der Waals surface area (Å²) < 4.78 is 35.8. The lowest BCUT2D eigenvalue weighted by Gasteiger charge is -2.11. The van der Waals surface area contributed by atoms with E-state index < -0.39 is 11.6 Å². The molecule has 3 rings (SSSR count). The van der Waals surface area contributed by atoms with Crippen LogP contribution in [0, 0.1) is 11.6 Å². The second-order valence-electron chi connectivity index (χ2n) is 9.44. The van der Waals surface area contributed by atoms with Gasteiger partial charge in [-0.15, -0.1) is 0 Å². The first-order valence-corrected chi connectivity index (χ1v) is 13.4. The molecule has 0 fully saturated rings. The SMILES string of the molecule is CCCCCCCCc1ccc(-c2ccc(-c3ccc(OCCCCCC)cc3)c(F)c2F)cc1. The largest absolute Gasteiger partial charge is 0.494 e. The van der Waals surface area contributed by atoms with Gasteiger partial charge in [0.2, 0.25) is 0 Å². The Bertz CT molecular complexity index is 1010. The molecule has 0 aromatic heterocycles. The first-order chi connectivity index (χ1) is 17.1. The average Bonchev–Trinajstić information content (AvgIpc) is 2.88. The van der Waals surface area contributed by atoms with Gasteiger partial charge >= 0.3 is 0 Å². The maximum atomic E-state index is 15.0. The fourth-order valence-corrected chi connectivity index (χ4v) is 4.41. The van der Waals surface area contributed by atoms with Gasteiger partial charge in [-0.25, -0.2) is 8.78 Å².